The SMILES string of the molecule is CCCn1ncnc1COC(=O)c1ccc(F)cc1N. The Balaban J connectivity index is 2.03. The van der Waals surface area contributed by atoms with Crippen LogP contribution in [0.15, 0.2) is 24.5 Å². The highest BCUT2D eigenvalue weighted by Gasteiger charge is 2.13. The average molecular weight is 278 g/mol. The number of benzene rings is 1. The van der Waals surface area contributed by atoms with Gasteiger partial charge in [0.1, 0.15) is 12.1 Å². The van der Waals surface area contributed by atoms with Gasteiger partial charge in [0.15, 0.2) is 12.4 Å². The van der Waals surface area contributed by atoms with Crippen molar-refractivity contribution in [1.82, 2.24) is 14.8 Å². The smallest absolute Gasteiger partial charge is 0.340 e. The summed E-state index contributed by atoms with van der Waals surface area (Å²) in [5.74, 6) is -0.559. The third-order valence-electron chi connectivity index (χ3n) is 2.70. The molecule has 0 aliphatic carbocycles. The van der Waals surface area contributed by atoms with E-state index in [2.05, 4.69) is 10.1 Å². The Morgan fingerprint density at radius 1 is 1.50 bits per heavy atom. The molecule has 0 fully saturated rings. The number of aryl methyl sites for hydroxylation is 1. The molecule has 0 saturated heterocycles. The fourth-order valence-corrected chi connectivity index (χ4v) is 1.73. The first-order chi connectivity index (χ1) is 9.61. The molecule has 0 atom stereocenters. The van der Waals surface area contributed by atoms with Gasteiger partial charge in [0.25, 0.3) is 0 Å². The summed E-state index contributed by atoms with van der Waals surface area (Å²) in [5, 5.41) is 4.03. The molecule has 2 N–H and O–H groups in total. The molecule has 6 nitrogen and oxygen atoms in total. The Morgan fingerprint density at radius 3 is 3.00 bits per heavy atom. The number of carbonyl (C=O) groups is 1. The molecule has 0 saturated carbocycles. The van der Waals surface area contributed by atoms with Crippen LogP contribution in [0.3, 0.4) is 0 Å². The lowest BCUT2D eigenvalue weighted by Gasteiger charge is -2.07. The monoisotopic (exact) mass is 278 g/mol. The van der Waals surface area contributed by atoms with E-state index in [-0.39, 0.29) is 17.9 Å². The third-order valence-corrected chi connectivity index (χ3v) is 2.70. The Labute approximate surface area is 115 Å². The molecular formula is C13H15FN4O2. The fourth-order valence-electron chi connectivity index (χ4n) is 1.73. The van der Waals surface area contributed by atoms with Gasteiger partial charge in [-0.1, -0.05) is 6.92 Å². The van der Waals surface area contributed by atoms with Gasteiger partial charge in [0, 0.05) is 12.2 Å². The Bertz CT molecular complexity index is 612. The van der Waals surface area contributed by atoms with Gasteiger partial charge in [-0.25, -0.2) is 18.9 Å². The molecule has 0 aliphatic rings. The first-order valence-corrected chi connectivity index (χ1v) is 6.20. The van der Waals surface area contributed by atoms with Crippen LogP contribution in [0.2, 0.25) is 0 Å². The number of esters is 1. The van der Waals surface area contributed by atoms with Crippen LogP contribution < -0.4 is 5.73 Å². The summed E-state index contributed by atoms with van der Waals surface area (Å²) in [6.07, 6.45) is 2.31. The van der Waals surface area contributed by atoms with Crippen molar-refractivity contribution in [1.29, 1.82) is 0 Å². The zero-order chi connectivity index (χ0) is 14.5. The molecule has 1 aromatic heterocycles. The minimum atomic E-state index is -0.617. The van der Waals surface area contributed by atoms with E-state index in [0.717, 1.165) is 18.6 Å². The Kier molecular flexibility index (Phi) is 4.29. The molecule has 0 spiro atoms. The molecule has 1 aromatic carbocycles. The lowest BCUT2D eigenvalue weighted by Crippen LogP contribution is -2.12. The lowest BCUT2D eigenvalue weighted by molar-refractivity contribution is 0.0458. The van der Waals surface area contributed by atoms with E-state index in [1.54, 1.807) is 4.68 Å². The summed E-state index contributed by atoms with van der Waals surface area (Å²) in [7, 11) is 0. The highest BCUT2D eigenvalue weighted by Crippen LogP contribution is 2.15. The second-order valence-corrected chi connectivity index (χ2v) is 4.21. The van der Waals surface area contributed by atoms with Crippen LogP contribution in [0, 0.1) is 5.82 Å². The van der Waals surface area contributed by atoms with Gasteiger partial charge >= 0.3 is 5.97 Å². The maximum Gasteiger partial charge on any atom is 0.340 e. The number of nitrogen functional groups attached to an aromatic ring is 1. The zero-order valence-electron chi connectivity index (χ0n) is 11.0. The second-order valence-electron chi connectivity index (χ2n) is 4.21. The van der Waals surface area contributed by atoms with Gasteiger partial charge < -0.3 is 10.5 Å². The number of rotatable bonds is 5. The fraction of sp³-hybridized carbons (Fsp3) is 0.308. The van der Waals surface area contributed by atoms with Crippen LogP contribution in [0.25, 0.3) is 0 Å². The molecule has 2 rings (SSSR count). The van der Waals surface area contributed by atoms with E-state index in [4.69, 9.17) is 10.5 Å². The first kappa shape index (κ1) is 14.0. The Morgan fingerprint density at radius 2 is 2.30 bits per heavy atom. The van der Waals surface area contributed by atoms with Crippen molar-refractivity contribution in [2.45, 2.75) is 26.5 Å². The molecule has 0 radical (unpaired) electrons. The predicted molar refractivity (Wildman–Crippen MR) is 70.2 cm³/mol. The maximum atomic E-state index is 12.9. The van der Waals surface area contributed by atoms with Crippen molar-refractivity contribution in [2.24, 2.45) is 0 Å². The molecule has 0 aliphatic heterocycles. The van der Waals surface area contributed by atoms with E-state index in [9.17, 15) is 9.18 Å². The van der Waals surface area contributed by atoms with E-state index in [1.807, 2.05) is 6.92 Å². The van der Waals surface area contributed by atoms with Crippen molar-refractivity contribution in [2.75, 3.05) is 5.73 Å². The molecule has 0 bridgehead atoms. The maximum absolute atomic E-state index is 12.9. The van der Waals surface area contributed by atoms with Gasteiger partial charge in [0.05, 0.1) is 5.56 Å². The van der Waals surface area contributed by atoms with Gasteiger partial charge in [-0.05, 0) is 24.6 Å². The number of aromatic nitrogens is 3. The van der Waals surface area contributed by atoms with Crippen molar-refractivity contribution in [3.8, 4) is 0 Å². The van der Waals surface area contributed by atoms with Crippen LogP contribution in [0.4, 0.5) is 10.1 Å². The van der Waals surface area contributed by atoms with Crippen LogP contribution in [0.1, 0.15) is 29.5 Å². The number of halogens is 1. The van der Waals surface area contributed by atoms with Gasteiger partial charge in [0.2, 0.25) is 0 Å². The van der Waals surface area contributed by atoms with Crippen LogP contribution in [-0.4, -0.2) is 20.7 Å². The second kappa shape index (κ2) is 6.14. The summed E-state index contributed by atoms with van der Waals surface area (Å²) in [5.41, 5.74) is 5.75. The standard InChI is InChI=1S/C13H15FN4O2/c1-2-5-18-12(16-8-17-18)7-20-13(19)10-4-3-9(14)6-11(10)15/h3-4,6,8H,2,5,7,15H2,1H3. The molecule has 0 unspecified atom stereocenters. The topological polar surface area (TPSA) is 83.0 Å². The van der Waals surface area contributed by atoms with E-state index in [0.29, 0.717) is 12.4 Å². The number of hydrogen-bond donors (Lipinski definition) is 1. The number of nitrogens with zero attached hydrogens (tertiary/aromatic N) is 3. The summed E-state index contributed by atoms with van der Waals surface area (Å²) in [6, 6.07) is 3.53. The largest absolute Gasteiger partial charge is 0.454 e. The highest BCUT2D eigenvalue weighted by atomic mass is 19.1. The van der Waals surface area contributed by atoms with E-state index >= 15 is 0 Å². The van der Waals surface area contributed by atoms with Crippen molar-refractivity contribution in [3.63, 3.8) is 0 Å². The molecule has 7 heteroatoms. The first-order valence-electron chi connectivity index (χ1n) is 6.20. The van der Waals surface area contributed by atoms with Gasteiger partial charge in [-0.3, -0.25) is 0 Å². The minimum Gasteiger partial charge on any atom is -0.454 e. The number of ether oxygens (including phenoxy) is 1. The molecule has 20 heavy (non-hydrogen) atoms. The third kappa shape index (κ3) is 3.11. The number of nitrogens with two attached hydrogens (primary N) is 1. The number of hydrogen-bond acceptors (Lipinski definition) is 5. The van der Waals surface area contributed by atoms with Crippen molar-refractivity contribution in [3.05, 3.63) is 41.7 Å². The lowest BCUT2D eigenvalue weighted by atomic mass is 10.2. The van der Waals surface area contributed by atoms with Crippen molar-refractivity contribution >= 4 is 11.7 Å². The molecule has 0 amide bonds. The molecular weight excluding hydrogens is 263 g/mol. The quantitative estimate of drug-likeness (QED) is 0.665. The summed E-state index contributed by atoms with van der Waals surface area (Å²) < 4.78 is 19.7. The highest BCUT2D eigenvalue weighted by molar-refractivity contribution is 5.94. The normalized spacial score (nSPS) is 10.5. The molecule has 1 heterocycles. The molecule has 2 aromatic rings. The number of anilines is 1. The Hall–Kier alpha value is -2.44. The predicted octanol–water partition coefficient (Wildman–Crippen LogP) is 1.77. The van der Waals surface area contributed by atoms with Gasteiger partial charge in [-0.2, -0.15) is 5.10 Å². The zero-order valence-corrected chi connectivity index (χ0v) is 11.0. The summed E-state index contributed by atoms with van der Waals surface area (Å²) >= 11 is 0. The van der Waals surface area contributed by atoms with E-state index in [1.165, 1.54) is 12.4 Å². The van der Waals surface area contributed by atoms with Crippen LogP contribution in [0.5, 0.6) is 0 Å². The molecule has 106 valence electrons. The number of carbonyl (C=O) groups excluding carboxylic acids is 1. The van der Waals surface area contributed by atoms with Crippen molar-refractivity contribution < 1.29 is 13.9 Å². The van der Waals surface area contributed by atoms with E-state index < -0.39 is 11.8 Å². The minimum absolute atomic E-state index is 0.00432. The average Bonchev–Trinajstić information content (AvgIpc) is 2.84. The summed E-state index contributed by atoms with van der Waals surface area (Å²) in [6.45, 7) is 2.71. The summed E-state index contributed by atoms with van der Waals surface area (Å²) in [4.78, 5) is 15.9. The van der Waals surface area contributed by atoms with Crippen LogP contribution >= 0.6 is 0 Å². The van der Waals surface area contributed by atoms with Crippen LogP contribution in [-0.2, 0) is 17.9 Å². The van der Waals surface area contributed by atoms with Gasteiger partial charge in [-0.15, -0.1) is 0 Å².